The van der Waals surface area contributed by atoms with Crippen LogP contribution in [0, 0.1) is 11.6 Å². The van der Waals surface area contributed by atoms with Crippen LogP contribution in [0.1, 0.15) is 12.5 Å². The van der Waals surface area contributed by atoms with E-state index in [4.69, 9.17) is 4.74 Å². The zero-order valence-electron chi connectivity index (χ0n) is 10.5. The zero-order chi connectivity index (χ0) is 14.5. The van der Waals surface area contributed by atoms with Crippen molar-refractivity contribution in [2.24, 2.45) is 10.2 Å². The molecule has 1 N–H and O–H groups in total. The molecule has 1 fully saturated rings. The fourth-order valence-corrected chi connectivity index (χ4v) is 2.08. The largest absolute Gasteiger partial charge is 0.491 e. The Hall–Kier alpha value is -1.96. The molecule has 106 valence electrons. The maximum atomic E-state index is 13.9. The molecule has 0 aliphatic carbocycles. The predicted molar refractivity (Wildman–Crippen MR) is 73.2 cm³/mol. The van der Waals surface area contributed by atoms with Crippen molar-refractivity contribution in [3.05, 3.63) is 29.3 Å². The van der Waals surface area contributed by atoms with Crippen LogP contribution in [-0.4, -0.2) is 29.6 Å². The molecule has 0 bridgehead atoms. The smallest absolute Gasteiger partial charge is 0.236 e. The lowest BCUT2D eigenvalue weighted by Gasteiger charge is -2.06. The van der Waals surface area contributed by atoms with Gasteiger partial charge in [0.15, 0.2) is 16.7 Å². The summed E-state index contributed by atoms with van der Waals surface area (Å²) in [5.74, 6) is -1.57. The Labute approximate surface area is 118 Å². The number of hydrogen-bond acceptors (Lipinski definition) is 5. The fourth-order valence-electron chi connectivity index (χ4n) is 1.45. The molecule has 0 atom stereocenters. The third-order valence-corrected chi connectivity index (χ3v) is 3.18. The molecule has 2 rings (SSSR count). The van der Waals surface area contributed by atoms with E-state index in [0.717, 1.165) is 12.3 Å². The summed E-state index contributed by atoms with van der Waals surface area (Å²) in [7, 11) is 0. The second kappa shape index (κ2) is 6.47. The molecule has 1 heterocycles. The molecule has 0 aromatic heterocycles. The summed E-state index contributed by atoms with van der Waals surface area (Å²) in [4.78, 5) is 10.9. The van der Waals surface area contributed by atoms with Crippen LogP contribution in [0.4, 0.5) is 8.78 Å². The van der Waals surface area contributed by atoms with E-state index in [2.05, 4.69) is 15.5 Å². The summed E-state index contributed by atoms with van der Waals surface area (Å²) in [6, 6.07) is 2.30. The molecular weight excluding hydrogens is 288 g/mol. The highest BCUT2D eigenvalue weighted by Crippen LogP contribution is 2.22. The molecule has 1 aromatic carbocycles. The Bertz CT molecular complexity index is 590. The highest BCUT2D eigenvalue weighted by molar-refractivity contribution is 8.15. The van der Waals surface area contributed by atoms with Gasteiger partial charge in [0.25, 0.3) is 0 Å². The highest BCUT2D eigenvalue weighted by atomic mass is 32.2. The zero-order valence-corrected chi connectivity index (χ0v) is 11.3. The molecule has 1 aliphatic heterocycles. The molecular formula is C12H11F2N3O2S. The summed E-state index contributed by atoms with van der Waals surface area (Å²) in [6.07, 6.45) is 0.950. The van der Waals surface area contributed by atoms with Crippen LogP contribution in [0.5, 0.6) is 5.75 Å². The van der Waals surface area contributed by atoms with E-state index >= 15 is 0 Å². The average Bonchev–Trinajstić information content (AvgIpc) is 2.83. The number of benzene rings is 1. The number of ether oxygens (including phenoxy) is 1. The molecule has 1 aliphatic rings. The summed E-state index contributed by atoms with van der Waals surface area (Å²) in [6.45, 7) is 1.96. The second-order valence-electron chi connectivity index (χ2n) is 3.69. The van der Waals surface area contributed by atoms with Crippen molar-refractivity contribution in [3.8, 4) is 5.75 Å². The van der Waals surface area contributed by atoms with Crippen LogP contribution in [0.3, 0.4) is 0 Å². The van der Waals surface area contributed by atoms with Gasteiger partial charge in [0.05, 0.1) is 24.1 Å². The summed E-state index contributed by atoms with van der Waals surface area (Å²) < 4.78 is 32.5. The molecule has 5 nitrogen and oxygen atoms in total. The number of halogens is 2. The molecule has 1 amide bonds. The van der Waals surface area contributed by atoms with Crippen molar-refractivity contribution < 1.29 is 18.3 Å². The normalized spacial score (nSPS) is 16.9. The highest BCUT2D eigenvalue weighted by Gasteiger charge is 2.16. The van der Waals surface area contributed by atoms with Gasteiger partial charge in [-0.05, 0) is 19.1 Å². The third-order valence-electron chi connectivity index (χ3n) is 2.31. The standard InChI is InChI=1S/C12H11F2N3O2S/c1-2-19-9-4-3-8(13)7(11(9)14)5-15-17-12-16-10(18)6-20-12/h3-5H,2,6H2,1H3,(H,16,17,18). The first-order chi connectivity index (χ1) is 9.61. The fraction of sp³-hybridized carbons (Fsp3) is 0.250. The number of rotatable bonds is 4. The van der Waals surface area contributed by atoms with Gasteiger partial charge >= 0.3 is 0 Å². The molecule has 0 saturated carbocycles. The topological polar surface area (TPSA) is 63.1 Å². The van der Waals surface area contributed by atoms with E-state index in [1.165, 1.54) is 17.8 Å². The Balaban J connectivity index is 2.20. The predicted octanol–water partition coefficient (Wildman–Crippen LogP) is 1.92. The quantitative estimate of drug-likeness (QED) is 0.682. The Morgan fingerprint density at radius 1 is 1.50 bits per heavy atom. The first-order valence-electron chi connectivity index (χ1n) is 5.76. The summed E-state index contributed by atoms with van der Waals surface area (Å²) in [5.41, 5.74) is -0.338. The van der Waals surface area contributed by atoms with Crippen LogP contribution in [0.15, 0.2) is 22.3 Å². The lowest BCUT2D eigenvalue weighted by atomic mass is 10.2. The summed E-state index contributed by atoms with van der Waals surface area (Å²) in [5, 5.41) is 9.99. The van der Waals surface area contributed by atoms with Gasteiger partial charge < -0.3 is 10.1 Å². The van der Waals surface area contributed by atoms with Crippen molar-refractivity contribution in [3.63, 3.8) is 0 Å². The van der Waals surface area contributed by atoms with E-state index < -0.39 is 11.6 Å². The van der Waals surface area contributed by atoms with E-state index in [1.54, 1.807) is 6.92 Å². The number of carbonyl (C=O) groups is 1. The lowest BCUT2D eigenvalue weighted by Crippen LogP contribution is -2.19. The van der Waals surface area contributed by atoms with Crippen LogP contribution < -0.4 is 10.1 Å². The van der Waals surface area contributed by atoms with E-state index in [0.29, 0.717) is 5.17 Å². The number of nitrogens with one attached hydrogen (secondary N) is 1. The molecule has 20 heavy (non-hydrogen) atoms. The maximum Gasteiger partial charge on any atom is 0.236 e. The van der Waals surface area contributed by atoms with E-state index in [1.807, 2.05) is 0 Å². The van der Waals surface area contributed by atoms with Gasteiger partial charge in [-0.3, -0.25) is 4.79 Å². The monoisotopic (exact) mass is 299 g/mol. The van der Waals surface area contributed by atoms with Gasteiger partial charge in [-0.1, -0.05) is 11.8 Å². The van der Waals surface area contributed by atoms with Gasteiger partial charge in [-0.25, -0.2) is 8.78 Å². The second-order valence-corrected chi connectivity index (χ2v) is 4.66. The minimum Gasteiger partial charge on any atom is -0.491 e. The van der Waals surface area contributed by atoms with Crippen molar-refractivity contribution in [1.29, 1.82) is 0 Å². The van der Waals surface area contributed by atoms with E-state index in [-0.39, 0.29) is 29.6 Å². The van der Waals surface area contributed by atoms with Crippen LogP contribution in [0.2, 0.25) is 0 Å². The Kier molecular flexibility index (Phi) is 4.67. The number of hydrogen-bond donors (Lipinski definition) is 1. The molecule has 1 aromatic rings. The molecule has 0 spiro atoms. The number of carbonyl (C=O) groups excluding carboxylic acids is 1. The first-order valence-corrected chi connectivity index (χ1v) is 6.75. The molecule has 0 unspecified atom stereocenters. The number of amidine groups is 1. The number of amides is 1. The van der Waals surface area contributed by atoms with Crippen LogP contribution >= 0.6 is 11.8 Å². The minimum atomic E-state index is -0.834. The van der Waals surface area contributed by atoms with Crippen molar-refractivity contribution in [2.75, 3.05) is 12.4 Å². The third kappa shape index (κ3) is 3.32. The maximum absolute atomic E-state index is 13.9. The molecule has 1 saturated heterocycles. The van der Waals surface area contributed by atoms with E-state index in [9.17, 15) is 13.6 Å². The van der Waals surface area contributed by atoms with Gasteiger partial charge in [0.2, 0.25) is 5.91 Å². The van der Waals surface area contributed by atoms with Gasteiger partial charge in [-0.15, -0.1) is 5.10 Å². The van der Waals surface area contributed by atoms with Crippen LogP contribution in [-0.2, 0) is 4.79 Å². The molecule has 8 heteroatoms. The Morgan fingerprint density at radius 3 is 2.95 bits per heavy atom. The SMILES string of the molecule is CCOc1ccc(F)c(C=NN=C2NC(=O)CS2)c1F. The van der Waals surface area contributed by atoms with Crippen molar-refractivity contribution in [1.82, 2.24) is 5.32 Å². The van der Waals surface area contributed by atoms with Gasteiger partial charge in [0.1, 0.15) is 5.82 Å². The number of nitrogens with zero attached hydrogens (tertiary/aromatic N) is 2. The van der Waals surface area contributed by atoms with Crippen molar-refractivity contribution in [2.45, 2.75) is 6.92 Å². The lowest BCUT2D eigenvalue weighted by molar-refractivity contribution is -0.116. The van der Waals surface area contributed by atoms with Crippen LogP contribution in [0.25, 0.3) is 0 Å². The minimum absolute atomic E-state index is 0.0495. The molecule has 0 radical (unpaired) electrons. The number of thioether (sulfide) groups is 1. The Morgan fingerprint density at radius 2 is 2.30 bits per heavy atom. The van der Waals surface area contributed by atoms with Gasteiger partial charge in [-0.2, -0.15) is 5.10 Å². The first kappa shape index (κ1) is 14.4. The summed E-state index contributed by atoms with van der Waals surface area (Å²) >= 11 is 1.17. The van der Waals surface area contributed by atoms with Crippen molar-refractivity contribution >= 4 is 29.1 Å². The average molecular weight is 299 g/mol. The van der Waals surface area contributed by atoms with Gasteiger partial charge in [0, 0.05) is 0 Å².